The zero-order valence-corrected chi connectivity index (χ0v) is 9.89. The molecule has 1 aromatic heterocycles. The number of aromatic nitrogens is 2. The van der Waals surface area contributed by atoms with E-state index < -0.39 is 0 Å². The summed E-state index contributed by atoms with van der Waals surface area (Å²) in [4.78, 5) is 8.90. The van der Waals surface area contributed by atoms with E-state index >= 15 is 0 Å². The van der Waals surface area contributed by atoms with Gasteiger partial charge in [0.2, 0.25) is 0 Å². The average molecular weight is 220 g/mol. The second-order valence-corrected chi connectivity index (χ2v) is 4.69. The van der Waals surface area contributed by atoms with Gasteiger partial charge in [0, 0.05) is 24.9 Å². The maximum Gasteiger partial charge on any atom is 0.0620 e. The van der Waals surface area contributed by atoms with Gasteiger partial charge in [-0.1, -0.05) is 6.92 Å². The van der Waals surface area contributed by atoms with Crippen molar-refractivity contribution in [2.45, 2.75) is 44.9 Å². The number of aliphatic hydroxyl groups is 1. The van der Waals surface area contributed by atoms with Gasteiger partial charge in [-0.3, -0.25) is 9.97 Å². The summed E-state index contributed by atoms with van der Waals surface area (Å²) in [6.45, 7) is 2.45. The summed E-state index contributed by atoms with van der Waals surface area (Å²) in [7, 11) is 0. The summed E-state index contributed by atoms with van der Waals surface area (Å²) in [5.41, 5.74) is 2.23. The van der Waals surface area contributed by atoms with Gasteiger partial charge in [-0.2, -0.15) is 0 Å². The van der Waals surface area contributed by atoms with E-state index in [4.69, 9.17) is 5.11 Å². The Morgan fingerprint density at radius 1 is 1.25 bits per heavy atom. The van der Waals surface area contributed by atoms with Crippen molar-refractivity contribution in [2.24, 2.45) is 5.92 Å². The quantitative estimate of drug-likeness (QED) is 0.850. The van der Waals surface area contributed by atoms with Crippen LogP contribution in [0.25, 0.3) is 0 Å². The fourth-order valence-corrected chi connectivity index (χ4v) is 2.43. The van der Waals surface area contributed by atoms with Crippen LogP contribution in [0.4, 0.5) is 0 Å². The maximum atomic E-state index is 9.10. The summed E-state index contributed by atoms with van der Waals surface area (Å²) >= 11 is 0. The highest BCUT2D eigenvalue weighted by Gasteiger charge is 2.22. The van der Waals surface area contributed by atoms with Gasteiger partial charge >= 0.3 is 0 Å². The molecule has 0 bridgehead atoms. The first-order chi connectivity index (χ1) is 7.83. The van der Waals surface area contributed by atoms with E-state index in [2.05, 4.69) is 16.9 Å². The minimum absolute atomic E-state index is 0.341. The molecule has 2 rings (SSSR count). The molecule has 0 amide bonds. The highest BCUT2D eigenvalue weighted by Crippen LogP contribution is 2.34. The summed E-state index contributed by atoms with van der Waals surface area (Å²) in [6, 6.07) is 0. The van der Waals surface area contributed by atoms with Crippen molar-refractivity contribution in [3.63, 3.8) is 0 Å². The molecule has 16 heavy (non-hydrogen) atoms. The van der Waals surface area contributed by atoms with Crippen molar-refractivity contribution >= 4 is 0 Å². The molecule has 0 aromatic carbocycles. The number of rotatable bonds is 3. The zero-order chi connectivity index (χ0) is 11.4. The Kier molecular flexibility index (Phi) is 3.88. The normalized spacial score (nSPS) is 25.6. The zero-order valence-electron chi connectivity index (χ0n) is 9.89. The Balaban J connectivity index is 2.02. The van der Waals surface area contributed by atoms with E-state index in [1.54, 1.807) is 0 Å². The molecule has 1 fully saturated rings. The van der Waals surface area contributed by atoms with Gasteiger partial charge < -0.3 is 5.11 Å². The fraction of sp³-hybridized carbons (Fsp3) is 0.692. The highest BCUT2D eigenvalue weighted by atomic mass is 16.3. The fourth-order valence-electron chi connectivity index (χ4n) is 2.43. The van der Waals surface area contributed by atoms with Crippen LogP contribution in [0.5, 0.6) is 0 Å². The second kappa shape index (κ2) is 5.39. The van der Waals surface area contributed by atoms with Crippen LogP contribution in [0.2, 0.25) is 0 Å². The molecule has 3 nitrogen and oxygen atoms in total. The van der Waals surface area contributed by atoms with Gasteiger partial charge in [-0.25, -0.2) is 0 Å². The molecule has 0 radical (unpaired) electrons. The first-order valence-electron chi connectivity index (χ1n) is 6.25. The van der Waals surface area contributed by atoms with E-state index in [0.717, 1.165) is 43.5 Å². The molecule has 1 aromatic rings. The standard InChI is InChI=1S/C13H20N2O/c1-2-12-7-14-8-13(15-12)11-5-3-10(9-16)4-6-11/h7-8,10-11,16H,2-6,9H2,1H3. The van der Waals surface area contributed by atoms with Crippen LogP contribution in [0.15, 0.2) is 12.4 Å². The van der Waals surface area contributed by atoms with E-state index in [9.17, 15) is 0 Å². The minimum Gasteiger partial charge on any atom is -0.396 e. The Bertz CT molecular complexity index is 332. The SMILES string of the molecule is CCc1cncc(C2CCC(CO)CC2)n1. The lowest BCUT2D eigenvalue weighted by Gasteiger charge is -2.26. The third-order valence-corrected chi connectivity index (χ3v) is 3.59. The molecular weight excluding hydrogens is 200 g/mol. The molecule has 1 aliphatic carbocycles. The molecule has 0 aliphatic heterocycles. The highest BCUT2D eigenvalue weighted by molar-refractivity contribution is 5.09. The number of aliphatic hydroxyl groups excluding tert-OH is 1. The molecule has 3 heteroatoms. The molecule has 0 unspecified atom stereocenters. The molecule has 1 saturated carbocycles. The van der Waals surface area contributed by atoms with Crippen molar-refractivity contribution in [3.05, 3.63) is 23.8 Å². The lowest BCUT2D eigenvalue weighted by atomic mass is 9.81. The predicted molar refractivity (Wildman–Crippen MR) is 63.2 cm³/mol. The van der Waals surface area contributed by atoms with Crippen molar-refractivity contribution in [1.29, 1.82) is 0 Å². The third kappa shape index (κ3) is 2.59. The van der Waals surface area contributed by atoms with Crippen LogP contribution in [0, 0.1) is 5.92 Å². The van der Waals surface area contributed by atoms with Crippen LogP contribution < -0.4 is 0 Å². The van der Waals surface area contributed by atoms with Crippen molar-refractivity contribution in [1.82, 2.24) is 9.97 Å². The number of aryl methyl sites for hydroxylation is 1. The van der Waals surface area contributed by atoms with E-state index in [-0.39, 0.29) is 0 Å². The van der Waals surface area contributed by atoms with Crippen molar-refractivity contribution in [3.8, 4) is 0 Å². The largest absolute Gasteiger partial charge is 0.396 e. The Morgan fingerprint density at radius 2 is 2.00 bits per heavy atom. The van der Waals surface area contributed by atoms with Gasteiger partial charge in [0.15, 0.2) is 0 Å². The first kappa shape index (κ1) is 11.5. The van der Waals surface area contributed by atoms with Crippen LogP contribution in [-0.4, -0.2) is 21.7 Å². The lowest BCUT2D eigenvalue weighted by molar-refractivity contribution is 0.181. The lowest BCUT2D eigenvalue weighted by Crippen LogP contribution is -2.17. The van der Waals surface area contributed by atoms with E-state index in [1.165, 1.54) is 0 Å². The third-order valence-electron chi connectivity index (χ3n) is 3.59. The molecule has 1 N–H and O–H groups in total. The topological polar surface area (TPSA) is 46.0 Å². The van der Waals surface area contributed by atoms with E-state index in [0.29, 0.717) is 18.4 Å². The number of hydrogen-bond acceptors (Lipinski definition) is 3. The van der Waals surface area contributed by atoms with Crippen molar-refractivity contribution < 1.29 is 5.11 Å². The van der Waals surface area contributed by atoms with Gasteiger partial charge in [-0.05, 0) is 38.0 Å². The van der Waals surface area contributed by atoms with Crippen molar-refractivity contribution in [2.75, 3.05) is 6.61 Å². The monoisotopic (exact) mass is 220 g/mol. The molecular formula is C13H20N2O. The molecule has 1 heterocycles. The number of nitrogens with zero attached hydrogens (tertiary/aromatic N) is 2. The van der Waals surface area contributed by atoms with Crippen LogP contribution >= 0.6 is 0 Å². The summed E-state index contributed by atoms with van der Waals surface area (Å²) in [5.74, 6) is 1.07. The molecule has 0 saturated heterocycles. The van der Waals surface area contributed by atoms with E-state index in [1.807, 2.05) is 12.4 Å². The van der Waals surface area contributed by atoms with Gasteiger partial charge in [-0.15, -0.1) is 0 Å². The summed E-state index contributed by atoms with van der Waals surface area (Å²) in [6.07, 6.45) is 9.25. The number of hydrogen-bond donors (Lipinski definition) is 1. The average Bonchev–Trinajstić information content (AvgIpc) is 2.39. The Hall–Kier alpha value is -0.960. The Morgan fingerprint density at radius 3 is 2.62 bits per heavy atom. The summed E-state index contributed by atoms with van der Waals surface area (Å²) < 4.78 is 0. The van der Waals surface area contributed by atoms with Gasteiger partial charge in [0.05, 0.1) is 11.4 Å². The van der Waals surface area contributed by atoms with Gasteiger partial charge in [0.1, 0.15) is 0 Å². The first-order valence-corrected chi connectivity index (χ1v) is 6.25. The summed E-state index contributed by atoms with van der Waals surface area (Å²) in [5, 5.41) is 9.10. The maximum absolute atomic E-state index is 9.10. The Labute approximate surface area is 96.9 Å². The molecule has 88 valence electrons. The van der Waals surface area contributed by atoms with Crippen LogP contribution in [0.1, 0.15) is 49.9 Å². The second-order valence-electron chi connectivity index (χ2n) is 4.69. The van der Waals surface area contributed by atoms with Crippen LogP contribution in [-0.2, 0) is 6.42 Å². The minimum atomic E-state index is 0.341. The molecule has 1 aliphatic rings. The molecule has 0 spiro atoms. The smallest absolute Gasteiger partial charge is 0.0620 e. The predicted octanol–water partition coefficient (Wildman–Crippen LogP) is 2.31. The van der Waals surface area contributed by atoms with Gasteiger partial charge in [0.25, 0.3) is 0 Å². The van der Waals surface area contributed by atoms with Crippen LogP contribution in [0.3, 0.4) is 0 Å². The molecule has 0 atom stereocenters.